The zero-order valence-electron chi connectivity index (χ0n) is 18.2. The van der Waals surface area contributed by atoms with Gasteiger partial charge < -0.3 is 5.32 Å². The molecular formula is C22H30ClN3O3S2. The third-order valence-corrected chi connectivity index (χ3v) is 9.02. The molecule has 1 aliphatic rings. The summed E-state index contributed by atoms with van der Waals surface area (Å²) in [4.78, 5) is 16.6. The van der Waals surface area contributed by atoms with Crippen LogP contribution in [0.1, 0.15) is 41.9 Å². The predicted molar refractivity (Wildman–Crippen MR) is 126 cm³/mol. The van der Waals surface area contributed by atoms with Crippen LogP contribution in [0.5, 0.6) is 0 Å². The number of piperidine rings is 1. The van der Waals surface area contributed by atoms with E-state index in [1.807, 2.05) is 0 Å². The normalized spacial score (nSPS) is 16.2. The number of halogens is 1. The summed E-state index contributed by atoms with van der Waals surface area (Å²) in [7, 11) is -2.16. The number of sulfonamides is 1. The Morgan fingerprint density at radius 3 is 2.61 bits per heavy atom. The molecule has 1 fully saturated rings. The fourth-order valence-corrected chi connectivity index (χ4v) is 5.93. The molecule has 0 aliphatic carbocycles. The van der Waals surface area contributed by atoms with Crippen molar-refractivity contribution in [2.45, 2.75) is 44.2 Å². The SMILES string of the molecule is CC(C)N(C)S(=O)(=O)c1ccc(Cl)c(C(=O)NCC2CCN(Cc3cccs3)CC2)c1. The summed E-state index contributed by atoms with van der Waals surface area (Å²) >= 11 is 8.00. The molecule has 0 spiro atoms. The molecule has 0 radical (unpaired) electrons. The first kappa shape index (κ1) is 24.2. The predicted octanol–water partition coefficient (Wildman–Crippen LogP) is 4.07. The quantitative estimate of drug-likeness (QED) is 0.614. The maximum absolute atomic E-state index is 12.8. The number of amides is 1. The van der Waals surface area contributed by atoms with Gasteiger partial charge in [-0.2, -0.15) is 4.31 Å². The second-order valence-corrected chi connectivity index (χ2v) is 11.7. The smallest absolute Gasteiger partial charge is 0.252 e. The minimum atomic E-state index is -3.68. The lowest BCUT2D eigenvalue weighted by Crippen LogP contribution is -2.38. The number of likely N-dealkylation sites (tertiary alicyclic amines) is 1. The Kier molecular flexibility index (Phi) is 8.15. The first-order valence-corrected chi connectivity index (χ1v) is 13.2. The third-order valence-electron chi connectivity index (χ3n) is 5.80. The Balaban J connectivity index is 1.57. The van der Waals surface area contributed by atoms with Crippen LogP contribution in [0.25, 0.3) is 0 Å². The van der Waals surface area contributed by atoms with Gasteiger partial charge in [-0.3, -0.25) is 9.69 Å². The highest BCUT2D eigenvalue weighted by Gasteiger charge is 2.26. The van der Waals surface area contributed by atoms with Crippen LogP contribution in [0.3, 0.4) is 0 Å². The minimum absolute atomic E-state index is 0.0696. The highest BCUT2D eigenvalue weighted by atomic mass is 35.5. The van der Waals surface area contributed by atoms with Gasteiger partial charge in [0.2, 0.25) is 10.0 Å². The van der Waals surface area contributed by atoms with Gasteiger partial charge in [-0.05, 0) is 75.3 Å². The van der Waals surface area contributed by atoms with Crippen molar-refractivity contribution in [3.8, 4) is 0 Å². The Bertz CT molecular complexity index is 985. The fraction of sp³-hybridized carbons (Fsp3) is 0.500. The molecule has 9 heteroatoms. The highest BCUT2D eigenvalue weighted by Crippen LogP contribution is 2.24. The van der Waals surface area contributed by atoms with Gasteiger partial charge in [-0.25, -0.2) is 8.42 Å². The number of carbonyl (C=O) groups excluding carboxylic acids is 1. The van der Waals surface area contributed by atoms with E-state index in [1.54, 1.807) is 25.2 Å². The van der Waals surface area contributed by atoms with Crippen LogP contribution < -0.4 is 5.32 Å². The first-order valence-electron chi connectivity index (χ1n) is 10.5. The third kappa shape index (κ3) is 6.08. The van der Waals surface area contributed by atoms with Gasteiger partial charge in [0.1, 0.15) is 0 Å². The molecule has 0 unspecified atom stereocenters. The van der Waals surface area contributed by atoms with Crippen LogP contribution in [-0.4, -0.2) is 56.3 Å². The van der Waals surface area contributed by atoms with Crippen LogP contribution in [0.15, 0.2) is 40.6 Å². The molecule has 2 heterocycles. The van der Waals surface area contributed by atoms with Gasteiger partial charge in [-0.15, -0.1) is 11.3 Å². The molecule has 1 aromatic carbocycles. The number of hydrogen-bond acceptors (Lipinski definition) is 5. The second-order valence-electron chi connectivity index (χ2n) is 8.27. The van der Waals surface area contributed by atoms with E-state index >= 15 is 0 Å². The summed E-state index contributed by atoms with van der Waals surface area (Å²) in [6.07, 6.45) is 2.04. The molecular weight excluding hydrogens is 454 g/mol. The molecule has 170 valence electrons. The summed E-state index contributed by atoms with van der Waals surface area (Å²) in [5, 5.41) is 5.30. The monoisotopic (exact) mass is 483 g/mol. The van der Waals surface area contributed by atoms with E-state index in [0.717, 1.165) is 32.5 Å². The van der Waals surface area contributed by atoms with Gasteiger partial charge in [0.15, 0.2) is 0 Å². The van der Waals surface area contributed by atoms with E-state index in [0.29, 0.717) is 12.5 Å². The Morgan fingerprint density at radius 1 is 1.29 bits per heavy atom. The van der Waals surface area contributed by atoms with Crippen molar-refractivity contribution in [3.05, 3.63) is 51.2 Å². The summed E-state index contributed by atoms with van der Waals surface area (Å²) < 4.78 is 26.8. The van der Waals surface area contributed by atoms with Crippen molar-refractivity contribution >= 4 is 38.9 Å². The number of hydrogen-bond donors (Lipinski definition) is 1. The topological polar surface area (TPSA) is 69.7 Å². The van der Waals surface area contributed by atoms with E-state index in [1.165, 1.54) is 34.4 Å². The largest absolute Gasteiger partial charge is 0.352 e. The van der Waals surface area contributed by atoms with Crippen molar-refractivity contribution < 1.29 is 13.2 Å². The molecule has 31 heavy (non-hydrogen) atoms. The lowest BCUT2D eigenvalue weighted by Gasteiger charge is -2.31. The van der Waals surface area contributed by atoms with Crippen LogP contribution in [0, 0.1) is 5.92 Å². The zero-order chi connectivity index (χ0) is 22.6. The lowest BCUT2D eigenvalue weighted by molar-refractivity contribution is 0.0935. The van der Waals surface area contributed by atoms with Gasteiger partial charge >= 0.3 is 0 Å². The number of nitrogens with one attached hydrogen (secondary N) is 1. The maximum Gasteiger partial charge on any atom is 0.252 e. The number of thiophene rings is 1. The molecule has 0 bridgehead atoms. The molecule has 6 nitrogen and oxygen atoms in total. The van der Waals surface area contributed by atoms with Crippen LogP contribution >= 0.6 is 22.9 Å². The van der Waals surface area contributed by atoms with Gasteiger partial charge in [-0.1, -0.05) is 17.7 Å². The fourth-order valence-electron chi connectivity index (χ4n) is 3.59. The van der Waals surface area contributed by atoms with Crippen molar-refractivity contribution in [1.29, 1.82) is 0 Å². The zero-order valence-corrected chi connectivity index (χ0v) is 20.6. The minimum Gasteiger partial charge on any atom is -0.352 e. The molecule has 1 amide bonds. The van der Waals surface area contributed by atoms with Crippen molar-refractivity contribution in [2.24, 2.45) is 5.92 Å². The standard InChI is InChI=1S/C22H30ClN3O3S2/c1-16(2)25(3)31(28,29)19-6-7-21(23)20(13-19)22(27)24-14-17-8-10-26(11-9-17)15-18-5-4-12-30-18/h4-7,12-13,16-17H,8-11,14-15H2,1-3H3,(H,24,27). The average Bonchev–Trinajstić information content (AvgIpc) is 3.25. The first-order chi connectivity index (χ1) is 14.7. The molecule has 0 atom stereocenters. The molecule has 3 rings (SSSR count). The molecule has 1 aliphatic heterocycles. The van der Waals surface area contributed by atoms with Gasteiger partial charge in [0, 0.05) is 31.1 Å². The van der Waals surface area contributed by atoms with E-state index in [9.17, 15) is 13.2 Å². The van der Waals surface area contributed by atoms with Crippen LogP contribution in [0.2, 0.25) is 5.02 Å². The molecule has 1 saturated heterocycles. The van der Waals surface area contributed by atoms with Gasteiger partial charge in [0.25, 0.3) is 5.91 Å². The van der Waals surface area contributed by atoms with Crippen molar-refractivity contribution in [1.82, 2.24) is 14.5 Å². The summed E-state index contributed by atoms with van der Waals surface area (Å²) in [6, 6.07) is 8.33. The Morgan fingerprint density at radius 2 is 2.00 bits per heavy atom. The number of nitrogens with zero attached hydrogens (tertiary/aromatic N) is 2. The Hall–Kier alpha value is -1.45. The molecule has 1 aromatic heterocycles. The van der Waals surface area contributed by atoms with Gasteiger partial charge in [0.05, 0.1) is 15.5 Å². The van der Waals surface area contributed by atoms with Crippen molar-refractivity contribution in [3.63, 3.8) is 0 Å². The van der Waals surface area contributed by atoms with Crippen molar-refractivity contribution in [2.75, 3.05) is 26.7 Å². The molecule has 2 aromatic rings. The number of rotatable bonds is 8. The van der Waals surface area contributed by atoms with E-state index in [2.05, 4.69) is 27.7 Å². The van der Waals surface area contributed by atoms with E-state index in [-0.39, 0.29) is 27.4 Å². The highest BCUT2D eigenvalue weighted by molar-refractivity contribution is 7.89. The second kappa shape index (κ2) is 10.4. The summed E-state index contributed by atoms with van der Waals surface area (Å²) in [5.41, 5.74) is 0.190. The molecule has 0 saturated carbocycles. The summed E-state index contributed by atoms with van der Waals surface area (Å²) in [5.74, 6) is 0.0663. The molecule has 1 N–H and O–H groups in total. The van der Waals surface area contributed by atoms with E-state index < -0.39 is 10.0 Å². The lowest BCUT2D eigenvalue weighted by atomic mass is 9.96. The average molecular weight is 484 g/mol. The van der Waals surface area contributed by atoms with Crippen LogP contribution in [-0.2, 0) is 16.6 Å². The van der Waals surface area contributed by atoms with Crippen LogP contribution in [0.4, 0.5) is 0 Å². The maximum atomic E-state index is 12.8. The number of carbonyl (C=O) groups is 1. The Labute approximate surface area is 194 Å². The van der Waals surface area contributed by atoms with E-state index in [4.69, 9.17) is 11.6 Å². The number of benzene rings is 1. The summed E-state index contributed by atoms with van der Waals surface area (Å²) in [6.45, 7) is 7.16.